The number of aryl methyl sites for hydroxylation is 1. The van der Waals surface area contributed by atoms with Crippen LogP contribution in [0.3, 0.4) is 0 Å². The molecular formula is C19H20FNO3S. The van der Waals surface area contributed by atoms with Crippen LogP contribution in [0.5, 0.6) is 0 Å². The van der Waals surface area contributed by atoms with E-state index in [9.17, 15) is 17.6 Å². The number of halogens is 1. The number of benzene rings is 2. The largest absolute Gasteiger partial charge is 0.349 e. The van der Waals surface area contributed by atoms with Crippen molar-refractivity contribution in [1.82, 2.24) is 5.32 Å². The first-order valence-electron chi connectivity index (χ1n) is 8.32. The average molecular weight is 361 g/mol. The minimum Gasteiger partial charge on any atom is -0.349 e. The Morgan fingerprint density at radius 1 is 1.12 bits per heavy atom. The van der Waals surface area contributed by atoms with Gasteiger partial charge in [0.25, 0.3) is 0 Å². The van der Waals surface area contributed by atoms with Crippen molar-refractivity contribution in [2.45, 2.75) is 36.6 Å². The van der Waals surface area contributed by atoms with Crippen molar-refractivity contribution in [3.63, 3.8) is 0 Å². The van der Waals surface area contributed by atoms with Crippen molar-refractivity contribution < 1.29 is 17.6 Å². The van der Waals surface area contributed by atoms with Crippen molar-refractivity contribution in [3.05, 3.63) is 65.5 Å². The standard InChI is InChI=1S/C19H20FNO3S/c20-16-9-3-4-11-18(16)25(23,24)13-12-19(22)21-17-10-5-7-14-6-1-2-8-15(14)17/h1-4,6,8-9,11,17H,5,7,10,12-13H2,(H,21,22)/t17-/m0/s1. The highest BCUT2D eigenvalue weighted by Crippen LogP contribution is 2.29. The van der Waals surface area contributed by atoms with E-state index in [-0.39, 0.29) is 23.3 Å². The van der Waals surface area contributed by atoms with E-state index in [1.807, 2.05) is 18.2 Å². The van der Waals surface area contributed by atoms with Gasteiger partial charge in [0.15, 0.2) is 9.84 Å². The quantitative estimate of drug-likeness (QED) is 0.890. The lowest BCUT2D eigenvalue weighted by Crippen LogP contribution is -2.32. The van der Waals surface area contributed by atoms with E-state index in [0.717, 1.165) is 30.9 Å². The molecule has 0 saturated heterocycles. The van der Waals surface area contributed by atoms with Crippen LogP contribution < -0.4 is 5.32 Å². The molecule has 0 unspecified atom stereocenters. The fourth-order valence-electron chi connectivity index (χ4n) is 3.20. The van der Waals surface area contributed by atoms with E-state index < -0.39 is 21.4 Å². The second-order valence-electron chi connectivity index (χ2n) is 6.21. The number of amides is 1. The van der Waals surface area contributed by atoms with Crippen LogP contribution >= 0.6 is 0 Å². The maximum atomic E-state index is 13.7. The van der Waals surface area contributed by atoms with Gasteiger partial charge in [-0.2, -0.15) is 0 Å². The van der Waals surface area contributed by atoms with Crippen LogP contribution in [0.4, 0.5) is 4.39 Å². The number of nitrogens with one attached hydrogen (secondary N) is 1. The van der Waals surface area contributed by atoms with Gasteiger partial charge in [0.2, 0.25) is 5.91 Å². The maximum absolute atomic E-state index is 13.7. The van der Waals surface area contributed by atoms with Crippen molar-refractivity contribution in [3.8, 4) is 0 Å². The molecule has 0 aromatic heterocycles. The molecule has 3 rings (SSSR count). The Hall–Kier alpha value is -2.21. The van der Waals surface area contributed by atoms with E-state index in [2.05, 4.69) is 11.4 Å². The Morgan fingerprint density at radius 2 is 1.84 bits per heavy atom. The fourth-order valence-corrected chi connectivity index (χ4v) is 4.53. The smallest absolute Gasteiger partial charge is 0.221 e. The molecule has 0 heterocycles. The molecule has 0 spiro atoms. The number of carbonyl (C=O) groups excluding carboxylic acids is 1. The molecule has 2 aromatic rings. The first-order chi connectivity index (χ1) is 12.0. The minimum atomic E-state index is -3.82. The zero-order chi connectivity index (χ0) is 17.9. The molecule has 132 valence electrons. The van der Waals surface area contributed by atoms with Crippen LogP contribution in [-0.2, 0) is 21.1 Å². The maximum Gasteiger partial charge on any atom is 0.221 e. The third-order valence-electron chi connectivity index (χ3n) is 4.47. The van der Waals surface area contributed by atoms with E-state index in [0.29, 0.717) is 0 Å². The molecule has 1 aliphatic rings. The molecule has 1 amide bonds. The van der Waals surface area contributed by atoms with Crippen LogP contribution in [0.2, 0.25) is 0 Å². The molecule has 0 saturated carbocycles. The van der Waals surface area contributed by atoms with Crippen LogP contribution in [0.25, 0.3) is 0 Å². The molecule has 25 heavy (non-hydrogen) atoms. The lowest BCUT2D eigenvalue weighted by Gasteiger charge is -2.26. The van der Waals surface area contributed by atoms with Crippen LogP contribution in [-0.4, -0.2) is 20.1 Å². The molecular weight excluding hydrogens is 341 g/mol. The van der Waals surface area contributed by atoms with Gasteiger partial charge in [-0.15, -0.1) is 0 Å². The SMILES string of the molecule is O=C(CCS(=O)(=O)c1ccccc1F)N[C@H]1CCCc2ccccc21. The minimum absolute atomic E-state index is 0.0892. The van der Waals surface area contributed by atoms with Gasteiger partial charge in [-0.05, 0) is 42.5 Å². The van der Waals surface area contributed by atoms with Crippen molar-refractivity contribution >= 4 is 15.7 Å². The highest BCUT2D eigenvalue weighted by molar-refractivity contribution is 7.91. The lowest BCUT2D eigenvalue weighted by molar-refractivity contribution is -0.121. The summed E-state index contributed by atoms with van der Waals surface area (Å²) in [5.41, 5.74) is 2.32. The normalized spacial score (nSPS) is 16.9. The number of hydrogen-bond donors (Lipinski definition) is 1. The summed E-state index contributed by atoms with van der Waals surface area (Å²) in [7, 11) is -3.82. The molecule has 0 bridgehead atoms. The van der Waals surface area contributed by atoms with Crippen LogP contribution in [0.15, 0.2) is 53.4 Å². The number of sulfone groups is 1. The first kappa shape index (κ1) is 17.6. The van der Waals surface area contributed by atoms with Gasteiger partial charge in [-0.3, -0.25) is 4.79 Å². The van der Waals surface area contributed by atoms with Gasteiger partial charge >= 0.3 is 0 Å². The highest BCUT2D eigenvalue weighted by Gasteiger charge is 2.23. The highest BCUT2D eigenvalue weighted by atomic mass is 32.2. The predicted octanol–water partition coefficient (Wildman–Crippen LogP) is 3.18. The summed E-state index contributed by atoms with van der Waals surface area (Å²) in [4.78, 5) is 11.9. The van der Waals surface area contributed by atoms with Gasteiger partial charge in [-0.25, -0.2) is 12.8 Å². The monoisotopic (exact) mass is 361 g/mol. The Morgan fingerprint density at radius 3 is 2.64 bits per heavy atom. The summed E-state index contributed by atoms with van der Waals surface area (Å²) in [6, 6.07) is 13.1. The zero-order valence-electron chi connectivity index (χ0n) is 13.7. The van der Waals surface area contributed by atoms with Crippen molar-refractivity contribution in [2.75, 3.05) is 5.75 Å². The second-order valence-corrected chi connectivity index (χ2v) is 8.29. The molecule has 0 radical (unpaired) electrons. The topological polar surface area (TPSA) is 63.2 Å². The Bertz CT molecular complexity index is 880. The van der Waals surface area contributed by atoms with Crippen LogP contribution in [0.1, 0.15) is 36.4 Å². The zero-order valence-corrected chi connectivity index (χ0v) is 14.6. The number of hydrogen-bond acceptors (Lipinski definition) is 3. The molecule has 1 aliphatic carbocycles. The van der Waals surface area contributed by atoms with Gasteiger partial charge in [0, 0.05) is 6.42 Å². The second kappa shape index (κ2) is 7.35. The lowest BCUT2D eigenvalue weighted by atomic mass is 9.88. The molecule has 6 heteroatoms. The van der Waals surface area contributed by atoms with E-state index in [1.54, 1.807) is 0 Å². The number of rotatable bonds is 5. The van der Waals surface area contributed by atoms with E-state index >= 15 is 0 Å². The number of carbonyl (C=O) groups is 1. The summed E-state index contributed by atoms with van der Waals surface area (Å²) in [5, 5.41) is 2.92. The Kier molecular flexibility index (Phi) is 5.18. The summed E-state index contributed by atoms with van der Waals surface area (Å²) in [6.07, 6.45) is 2.62. The van der Waals surface area contributed by atoms with Gasteiger partial charge in [0.05, 0.1) is 11.8 Å². The molecule has 0 aliphatic heterocycles. The fraction of sp³-hybridized carbons (Fsp3) is 0.316. The van der Waals surface area contributed by atoms with E-state index in [1.165, 1.54) is 23.8 Å². The van der Waals surface area contributed by atoms with Gasteiger partial charge in [-0.1, -0.05) is 36.4 Å². The first-order valence-corrected chi connectivity index (χ1v) is 9.97. The van der Waals surface area contributed by atoms with Crippen LogP contribution in [0, 0.1) is 5.82 Å². The summed E-state index contributed by atoms with van der Waals surface area (Å²) in [5.74, 6) is -1.53. The molecule has 2 aromatic carbocycles. The van der Waals surface area contributed by atoms with Crippen molar-refractivity contribution in [1.29, 1.82) is 0 Å². The Balaban J connectivity index is 1.64. The van der Waals surface area contributed by atoms with Crippen molar-refractivity contribution in [2.24, 2.45) is 0 Å². The van der Waals surface area contributed by atoms with Gasteiger partial charge < -0.3 is 5.32 Å². The summed E-state index contributed by atoms with van der Waals surface area (Å²) >= 11 is 0. The molecule has 1 N–H and O–H groups in total. The Labute approximate surface area is 147 Å². The summed E-state index contributed by atoms with van der Waals surface area (Å²) < 4.78 is 38.1. The predicted molar refractivity (Wildman–Crippen MR) is 93.3 cm³/mol. The third-order valence-corrected chi connectivity index (χ3v) is 6.22. The van der Waals surface area contributed by atoms with Gasteiger partial charge in [0.1, 0.15) is 10.7 Å². The third kappa shape index (κ3) is 4.07. The molecule has 4 nitrogen and oxygen atoms in total. The molecule has 0 fully saturated rings. The molecule has 1 atom stereocenters. The summed E-state index contributed by atoms with van der Waals surface area (Å²) in [6.45, 7) is 0. The average Bonchev–Trinajstić information content (AvgIpc) is 2.61. The number of fused-ring (bicyclic) bond motifs is 1. The van der Waals surface area contributed by atoms with E-state index in [4.69, 9.17) is 0 Å².